The molecule has 0 bridgehead atoms. The van der Waals surface area contributed by atoms with Crippen LogP contribution in [0, 0.1) is 0 Å². The molecule has 0 aliphatic heterocycles. The molecule has 0 aromatic rings. The molecule has 10 heavy (non-hydrogen) atoms. The lowest BCUT2D eigenvalue weighted by molar-refractivity contribution is 0.180. The molecule has 0 heterocycles. The van der Waals surface area contributed by atoms with E-state index in [1.54, 1.807) is 0 Å². The largest absolute Gasteiger partial charge is 0.393 e. The van der Waals surface area contributed by atoms with Crippen molar-refractivity contribution in [1.29, 1.82) is 0 Å². The van der Waals surface area contributed by atoms with Crippen LogP contribution in [-0.4, -0.2) is 24.8 Å². The Morgan fingerprint density at radius 2 is 2.00 bits per heavy atom. The predicted octanol–water partition coefficient (Wildman–Crippen LogP) is 1.15. The van der Waals surface area contributed by atoms with Crippen molar-refractivity contribution in [1.82, 2.24) is 5.32 Å². The Morgan fingerprint density at radius 3 is 2.50 bits per heavy atom. The Morgan fingerprint density at radius 1 is 1.30 bits per heavy atom. The summed E-state index contributed by atoms with van der Waals surface area (Å²) in [4.78, 5) is 0. The third kappa shape index (κ3) is 7.92. The van der Waals surface area contributed by atoms with Crippen LogP contribution in [0.2, 0.25) is 0 Å². The third-order valence-electron chi connectivity index (χ3n) is 1.55. The molecule has 0 amide bonds. The molecular weight excluding hydrogens is 126 g/mol. The lowest BCUT2D eigenvalue weighted by Crippen LogP contribution is -2.07. The van der Waals surface area contributed by atoms with Crippen molar-refractivity contribution >= 4 is 0 Å². The fourth-order valence-electron chi connectivity index (χ4n) is 0.918. The Kier molecular flexibility index (Phi) is 6.98. The van der Waals surface area contributed by atoms with Crippen LogP contribution in [-0.2, 0) is 0 Å². The minimum atomic E-state index is -0.116. The highest BCUT2D eigenvalue weighted by atomic mass is 16.3. The van der Waals surface area contributed by atoms with Crippen molar-refractivity contribution in [2.24, 2.45) is 0 Å². The van der Waals surface area contributed by atoms with Crippen LogP contribution in [0.5, 0.6) is 0 Å². The van der Waals surface area contributed by atoms with Crippen LogP contribution in [0.15, 0.2) is 0 Å². The molecule has 0 unspecified atom stereocenters. The average Bonchev–Trinajstić information content (AvgIpc) is 1.87. The fraction of sp³-hybridized carbons (Fsp3) is 1.00. The minimum absolute atomic E-state index is 0.116. The number of aliphatic hydroxyl groups is 1. The Hall–Kier alpha value is -0.0800. The second-order valence-corrected chi connectivity index (χ2v) is 2.80. The van der Waals surface area contributed by atoms with Gasteiger partial charge in [-0.3, -0.25) is 0 Å². The van der Waals surface area contributed by atoms with Crippen LogP contribution in [0.1, 0.15) is 32.6 Å². The van der Waals surface area contributed by atoms with Gasteiger partial charge in [0, 0.05) is 0 Å². The summed E-state index contributed by atoms with van der Waals surface area (Å²) in [6, 6.07) is 0. The first-order chi connectivity index (χ1) is 4.77. The van der Waals surface area contributed by atoms with Gasteiger partial charge in [0.15, 0.2) is 0 Å². The van der Waals surface area contributed by atoms with Gasteiger partial charge in [-0.1, -0.05) is 12.8 Å². The Labute approximate surface area is 63.6 Å². The molecule has 0 aliphatic rings. The zero-order valence-electron chi connectivity index (χ0n) is 7.06. The van der Waals surface area contributed by atoms with Gasteiger partial charge in [0.25, 0.3) is 0 Å². The molecule has 0 fully saturated rings. The molecule has 0 rings (SSSR count). The molecule has 0 radical (unpaired) electrons. The van der Waals surface area contributed by atoms with Crippen molar-refractivity contribution in [3.05, 3.63) is 0 Å². The summed E-state index contributed by atoms with van der Waals surface area (Å²) in [6.07, 6.45) is 4.44. The lowest BCUT2D eigenvalue weighted by Gasteiger charge is -2.02. The van der Waals surface area contributed by atoms with Gasteiger partial charge in [-0.15, -0.1) is 0 Å². The first kappa shape index (κ1) is 9.92. The smallest absolute Gasteiger partial charge is 0.0512 e. The maximum atomic E-state index is 8.89. The summed E-state index contributed by atoms with van der Waals surface area (Å²) in [5.74, 6) is 0. The number of unbranched alkanes of at least 4 members (excludes halogenated alkanes) is 2. The molecule has 2 heteroatoms. The van der Waals surface area contributed by atoms with Crippen LogP contribution in [0.3, 0.4) is 0 Å². The summed E-state index contributed by atoms with van der Waals surface area (Å²) >= 11 is 0. The molecule has 0 aromatic heterocycles. The normalized spacial score (nSPS) is 13.5. The fourth-order valence-corrected chi connectivity index (χ4v) is 0.918. The second-order valence-electron chi connectivity index (χ2n) is 2.80. The van der Waals surface area contributed by atoms with E-state index >= 15 is 0 Å². The van der Waals surface area contributed by atoms with E-state index in [0.717, 1.165) is 19.4 Å². The van der Waals surface area contributed by atoms with Crippen molar-refractivity contribution < 1.29 is 5.11 Å². The molecule has 2 N–H and O–H groups in total. The number of hydrogen-bond donors (Lipinski definition) is 2. The Bertz CT molecular complexity index is 64.3. The van der Waals surface area contributed by atoms with E-state index in [4.69, 9.17) is 5.11 Å². The van der Waals surface area contributed by atoms with Gasteiger partial charge in [-0.2, -0.15) is 0 Å². The average molecular weight is 145 g/mol. The molecule has 0 saturated heterocycles. The van der Waals surface area contributed by atoms with E-state index in [-0.39, 0.29) is 6.10 Å². The number of nitrogens with one attached hydrogen (secondary N) is 1. The van der Waals surface area contributed by atoms with E-state index in [2.05, 4.69) is 5.32 Å². The Balaban J connectivity index is 2.77. The second kappa shape index (κ2) is 7.03. The predicted molar refractivity (Wildman–Crippen MR) is 44.1 cm³/mol. The van der Waals surface area contributed by atoms with Crippen LogP contribution in [0.4, 0.5) is 0 Å². The van der Waals surface area contributed by atoms with Crippen molar-refractivity contribution in [2.75, 3.05) is 13.6 Å². The maximum absolute atomic E-state index is 8.89. The highest BCUT2D eigenvalue weighted by molar-refractivity contribution is 4.49. The van der Waals surface area contributed by atoms with Crippen LogP contribution < -0.4 is 5.32 Å². The van der Waals surface area contributed by atoms with Gasteiger partial charge in [0.1, 0.15) is 0 Å². The zero-order chi connectivity index (χ0) is 7.82. The molecule has 1 atom stereocenters. The first-order valence-corrected chi connectivity index (χ1v) is 4.10. The summed E-state index contributed by atoms with van der Waals surface area (Å²) in [7, 11) is 1.97. The summed E-state index contributed by atoms with van der Waals surface area (Å²) < 4.78 is 0. The van der Waals surface area contributed by atoms with Gasteiger partial charge >= 0.3 is 0 Å². The third-order valence-corrected chi connectivity index (χ3v) is 1.55. The molecule has 0 aromatic carbocycles. The molecule has 0 saturated carbocycles. The quantitative estimate of drug-likeness (QED) is 0.549. The van der Waals surface area contributed by atoms with Gasteiger partial charge < -0.3 is 10.4 Å². The van der Waals surface area contributed by atoms with E-state index < -0.39 is 0 Å². The topological polar surface area (TPSA) is 32.3 Å². The number of aliphatic hydroxyl groups excluding tert-OH is 1. The first-order valence-electron chi connectivity index (χ1n) is 4.10. The molecule has 0 spiro atoms. The highest BCUT2D eigenvalue weighted by Gasteiger charge is 1.93. The molecule has 62 valence electrons. The van der Waals surface area contributed by atoms with Crippen molar-refractivity contribution in [2.45, 2.75) is 38.7 Å². The maximum Gasteiger partial charge on any atom is 0.0512 e. The highest BCUT2D eigenvalue weighted by Crippen LogP contribution is 2.01. The SMILES string of the molecule is CNCCCCC[C@@H](C)O. The van der Waals surface area contributed by atoms with E-state index in [0.29, 0.717) is 0 Å². The van der Waals surface area contributed by atoms with Crippen LogP contribution >= 0.6 is 0 Å². The number of rotatable bonds is 6. The summed E-state index contributed by atoms with van der Waals surface area (Å²) in [6.45, 7) is 2.94. The van der Waals surface area contributed by atoms with Crippen molar-refractivity contribution in [3.8, 4) is 0 Å². The van der Waals surface area contributed by atoms with Gasteiger partial charge in [-0.05, 0) is 33.4 Å². The summed E-state index contributed by atoms with van der Waals surface area (Å²) in [5.41, 5.74) is 0. The monoisotopic (exact) mass is 145 g/mol. The summed E-state index contributed by atoms with van der Waals surface area (Å²) in [5, 5.41) is 12.0. The van der Waals surface area contributed by atoms with Crippen LogP contribution in [0.25, 0.3) is 0 Å². The zero-order valence-corrected chi connectivity index (χ0v) is 7.06. The van der Waals surface area contributed by atoms with Gasteiger partial charge in [0.05, 0.1) is 6.10 Å². The molecular formula is C8H19NO. The lowest BCUT2D eigenvalue weighted by atomic mass is 10.1. The molecule has 0 aliphatic carbocycles. The number of hydrogen-bond acceptors (Lipinski definition) is 2. The van der Waals surface area contributed by atoms with E-state index in [1.807, 2.05) is 14.0 Å². The van der Waals surface area contributed by atoms with E-state index in [9.17, 15) is 0 Å². The molecule has 2 nitrogen and oxygen atoms in total. The van der Waals surface area contributed by atoms with Gasteiger partial charge in [0.2, 0.25) is 0 Å². The minimum Gasteiger partial charge on any atom is -0.393 e. The van der Waals surface area contributed by atoms with E-state index in [1.165, 1.54) is 12.8 Å². The van der Waals surface area contributed by atoms with Gasteiger partial charge in [-0.25, -0.2) is 0 Å². The van der Waals surface area contributed by atoms with Crippen molar-refractivity contribution in [3.63, 3.8) is 0 Å². The standard InChI is InChI=1S/C8H19NO/c1-8(10)6-4-3-5-7-9-2/h8-10H,3-7H2,1-2H3/t8-/m1/s1.